The lowest BCUT2D eigenvalue weighted by molar-refractivity contribution is -0.139. The number of carboxylic acids is 1. The molecule has 26 heavy (non-hydrogen) atoms. The van der Waals surface area contributed by atoms with Crippen LogP contribution in [0.15, 0.2) is 30.0 Å². The molecule has 0 bridgehead atoms. The second-order valence-electron chi connectivity index (χ2n) is 5.65. The zero-order valence-corrected chi connectivity index (χ0v) is 15.0. The van der Waals surface area contributed by atoms with Crippen LogP contribution in [0.4, 0.5) is 0 Å². The molecule has 0 aliphatic carbocycles. The second kappa shape index (κ2) is 9.36. The van der Waals surface area contributed by atoms with Crippen LogP contribution >= 0.6 is 0 Å². The van der Waals surface area contributed by atoms with Gasteiger partial charge in [0.05, 0.1) is 0 Å². The van der Waals surface area contributed by atoms with Crippen LogP contribution in [-0.2, 0) is 25.6 Å². The average Bonchev–Trinajstić information content (AvgIpc) is 2.47. The van der Waals surface area contributed by atoms with Gasteiger partial charge in [-0.05, 0) is 37.6 Å². The third-order valence-electron chi connectivity index (χ3n) is 3.08. The predicted octanol–water partition coefficient (Wildman–Crippen LogP) is 1.62. The van der Waals surface area contributed by atoms with Crippen molar-refractivity contribution in [2.24, 2.45) is 0 Å². The van der Waals surface area contributed by atoms with Gasteiger partial charge in [0, 0.05) is 26.0 Å². The number of hydrogen-bond acceptors (Lipinski definition) is 7. The van der Waals surface area contributed by atoms with Gasteiger partial charge in [0.25, 0.3) is 0 Å². The number of ketones is 1. The fourth-order valence-electron chi connectivity index (χ4n) is 2.21. The third kappa shape index (κ3) is 7.16. The summed E-state index contributed by atoms with van der Waals surface area (Å²) in [5.41, 5.74) is 0.953. The van der Waals surface area contributed by atoms with Gasteiger partial charge in [0.15, 0.2) is 17.3 Å². The summed E-state index contributed by atoms with van der Waals surface area (Å²) in [6.07, 6.45) is 1.34. The van der Waals surface area contributed by atoms with E-state index in [2.05, 4.69) is 5.32 Å². The summed E-state index contributed by atoms with van der Waals surface area (Å²) < 4.78 is 9.99. The van der Waals surface area contributed by atoms with E-state index < -0.39 is 23.9 Å². The van der Waals surface area contributed by atoms with Crippen LogP contribution in [-0.4, -0.2) is 34.8 Å². The monoisotopic (exact) mass is 363 g/mol. The minimum absolute atomic E-state index is 0.0188. The Labute approximate surface area is 150 Å². The quantitative estimate of drug-likeness (QED) is 0.406. The van der Waals surface area contributed by atoms with E-state index in [1.165, 1.54) is 39.0 Å². The van der Waals surface area contributed by atoms with Crippen LogP contribution in [0, 0.1) is 0 Å². The summed E-state index contributed by atoms with van der Waals surface area (Å²) in [5, 5.41) is 12.1. The number of aliphatic carboxylic acids is 1. The normalized spacial score (nSPS) is 12.1. The van der Waals surface area contributed by atoms with Gasteiger partial charge in [0.2, 0.25) is 0 Å². The van der Waals surface area contributed by atoms with Crippen molar-refractivity contribution in [1.82, 2.24) is 5.32 Å². The summed E-state index contributed by atoms with van der Waals surface area (Å²) in [7, 11) is 0. The summed E-state index contributed by atoms with van der Waals surface area (Å²) >= 11 is 0. The van der Waals surface area contributed by atoms with E-state index in [9.17, 15) is 24.3 Å². The number of nitrogens with one attached hydrogen (secondary N) is 1. The molecule has 0 heterocycles. The lowest BCUT2D eigenvalue weighted by Crippen LogP contribution is -2.37. The number of carboxylic acid groups (broad SMARTS) is 1. The molecular weight excluding hydrogens is 342 g/mol. The maximum atomic E-state index is 11.5. The van der Waals surface area contributed by atoms with Crippen molar-refractivity contribution < 1.29 is 33.8 Å². The molecule has 140 valence electrons. The highest BCUT2D eigenvalue weighted by molar-refractivity contribution is 5.88. The number of benzene rings is 1. The standard InChI is InChI=1S/C18H21NO7/c1-10(7-11(2)20)19-15(18(23)24)8-14-5-6-16(25-12(3)21)17(9-14)26-13(4)22/h5-7,9,15,19H,8H2,1-4H3,(H,23,24)/b10-7+/t15-/m0/s1. The molecule has 0 unspecified atom stereocenters. The Morgan fingerprint density at radius 2 is 1.62 bits per heavy atom. The average molecular weight is 363 g/mol. The summed E-state index contributed by atoms with van der Waals surface area (Å²) in [4.78, 5) is 44.9. The zero-order valence-electron chi connectivity index (χ0n) is 15.0. The number of ether oxygens (including phenoxy) is 2. The molecule has 1 aromatic rings. The summed E-state index contributed by atoms with van der Waals surface area (Å²) in [5.74, 6) is -2.43. The highest BCUT2D eigenvalue weighted by Gasteiger charge is 2.20. The van der Waals surface area contributed by atoms with Crippen LogP contribution in [0.1, 0.15) is 33.3 Å². The van der Waals surface area contributed by atoms with Crippen molar-refractivity contribution in [1.29, 1.82) is 0 Å². The Hall–Kier alpha value is -3.16. The van der Waals surface area contributed by atoms with Crippen LogP contribution < -0.4 is 14.8 Å². The number of carbonyl (C=O) groups excluding carboxylic acids is 3. The van der Waals surface area contributed by atoms with Crippen molar-refractivity contribution in [3.63, 3.8) is 0 Å². The molecule has 0 aliphatic heterocycles. The number of hydrogen-bond donors (Lipinski definition) is 2. The maximum absolute atomic E-state index is 11.5. The lowest BCUT2D eigenvalue weighted by atomic mass is 10.0. The van der Waals surface area contributed by atoms with Gasteiger partial charge in [-0.3, -0.25) is 14.4 Å². The molecule has 8 nitrogen and oxygen atoms in total. The van der Waals surface area contributed by atoms with Crippen molar-refractivity contribution in [2.45, 2.75) is 40.2 Å². The first-order valence-electron chi connectivity index (χ1n) is 7.76. The van der Waals surface area contributed by atoms with E-state index in [4.69, 9.17) is 9.47 Å². The molecule has 0 fully saturated rings. The van der Waals surface area contributed by atoms with Crippen molar-refractivity contribution in [2.75, 3.05) is 0 Å². The highest BCUT2D eigenvalue weighted by Crippen LogP contribution is 2.29. The number of esters is 2. The first-order valence-corrected chi connectivity index (χ1v) is 7.76. The Kier molecular flexibility index (Phi) is 7.52. The van der Waals surface area contributed by atoms with Crippen molar-refractivity contribution >= 4 is 23.7 Å². The Bertz CT molecular complexity index is 752. The number of allylic oxidation sites excluding steroid dienone is 2. The first-order chi connectivity index (χ1) is 12.1. The molecule has 0 saturated carbocycles. The van der Waals surface area contributed by atoms with Gasteiger partial charge >= 0.3 is 17.9 Å². The van der Waals surface area contributed by atoms with Gasteiger partial charge in [0.1, 0.15) is 6.04 Å². The number of carbonyl (C=O) groups is 4. The fraction of sp³-hybridized carbons (Fsp3) is 0.333. The van der Waals surface area contributed by atoms with E-state index in [1.54, 1.807) is 13.0 Å². The van der Waals surface area contributed by atoms with Gasteiger partial charge in [-0.25, -0.2) is 4.79 Å². The van der Waals surface area contributed by atoms with Crippen LogP contribution in [0.5, 0.6) is 11.5 Å². The van der Waals surface area contributed by atoms with Crippen LogP contribution in [0.2, 0.25) is 0 Å². The minimum Gasteiger partial charge on any atom is -0.480 e. The molecule has 0 radical (unpaired) electrons. The molecular formula is C18H21NO7. The summed E-state index contributed by atoms with van der Waals surface area (Å²) in [6, 6.07) is 3.41. The molecule has 0 aliphatic rings. The van der Waals surface area contributed by atoms with Crippen molar-refractivity contribution in [3.8, 4) is 11.5 Å². The largest absolute Gasteiger partial charge is 0.480 e. The minimum atomic E-state index is -1.11. The van der Waals surface area contributed by atoms with Gasteiger partial charge in [-0.15, -0.1) is 0 Å². The molecule has 0 spiro atoms. The highest BCUT2D eigenvalue weighted by atomic mass is 16.6. The van der Waals surface area contributed by atoms with Gasteiger partial charge < -0.3 is 19.9 Å². The van der Waals surface area contributed by atoms with E-state index in [0.29, 0.717) is 11.3 Å². The fourth-order valence-corrected chi connectivity index (χ4v) is 2.21. The molecule has 1 aromatic carbocycles. The first kappa shape index (κ1) is 20.9. The topological polar surface area (TPSA) is 119 Å². The van der Waals surface area contributed by atoms with E-state index >= 15 is 0 Å². The van der Waals surface area contributed by atoms with Crippen LogP contribution in [0.25, 0.3) is 0 Å². The molecule has 0 aromatic heterocycles. The smallest absolute Gasteiger partial charge is 0.326 e. The SMILES string of the molecule is CC(=O)/C=C(\C)N[C@@H](Cc1ccc(OC(C)=O)c(OC(C)=O)c1)C(=O)O. The predicted molar refractivity (Wildman–Crippen MR) is 91.8 cm³/mol. The maximum Gasteiger partial charge on any atom is 0.326 e. The van der Waals surface area contributed by atoms with E-state index in [-0.39, 0.29) is 23.7 Å². The Morgan fingerprint density at radius 1 is 1.04 bits per heavy atom. The molecule has 1 rings (SSSR count). The molecule has 2 N–H and O–H groups in total. The van der Waals surface area contributed by atoms with E-state index in [1.807, 2.05) is 0 Å². The molecule has 1 atom stereocenters. The van der Waals surface area contributed by atoms with Crippen molar-refractivity contribution in [3.05, 3.63) is 35.5 Å². The molecule has 0 saturated heterocycles. The number of rotatable bonds is 8. The third-order valence-corrected chi connectivity index (χ3v) is 3.08. The van der Waals surface area contributed by atoms with E-state index in [0.717, 1.165) is 0 Å². The Balaban J connectivity index is 3.08. The lowest BCUT2D eigenvalue weighted by Gasteiger charge is -2.17. The van der Waals surface area contributed by atoms with Gasteiger partial charge in [-0.2, -0.15) is 0 Å². The van der Waals surface area contributed by atoms with Crippen LogP contribution in [0.3, 0.4) is 0 Å². The van der Waals surface area contributed by atoms with Gasteiger partial charge in [-0.1, -0.05) is 6.07 Å². The molecule has 8 heteroatoms. The Morgan fingerprint density at radius 3 is 2.12 bits per heavy atom. The zero-order chi connectivity index (χ0) is 19.9. The molecule has 0 amide bonds. The second-order valence-corrected chi connectivity index (χ2v) is 5.65. The summed E-state index contributed by atoms with van der Waals surface area (Å²) in [6.45, 7) is 5.35.